The quantitative estimate of drug-likeness (QED) is 0.0864. The van der Waals surface area contributed by atoms with Crippen molar-refractivity contribution in [3.63, 3.8) is 0 Å². The number of oxazole rings is 2. The van der Waals surface area contributed by atoms with Crippen molar-refractivity contribution in [1.29, 1.82) is 0 Å². The molecule has 6 aliphatic carbocycles. The average Bonchev–Trinajstić information content (AvgIpc) is 1.53. The van der Waals surface area contributed by atoms with Crippen molar-refractivity contribution in [2.45, 2.75) is 160 Å². The van der Waals surface area contributed by atoms with E-state index in [2.05, 4.69) is 130 Å². The largest absolute Gasteiger partial charge is 0.443 e. The lowest BCUT2D eigenvalue weighted by Crippen LogP contribution is -2.38. The number of nitrogens with zero attached hydrogens (tertiary/aromatic N) is 15. The highest BCUT2D eigenvalue weighted by atomic mass is 32.2. The van der Waals surface area contributed by atoms with Gasteiger partial charge in [-0.3, -0.25) is 19.9 Å². The van der Waals surface area contributed by atoms with E-state index in [-0.39, 0.29) is 73.5 Å². The van der Waals surface area contributed by atoms with E-state index in [1.54, 1.807) is 86.2 Å². The first-order valence-electron chi connectivity index (χ1n) is 36.9. The molecule has 0 amide bonds. The molecule has 3 fully saturated rings. The van der Waals surface area contributed by atoms with E-state index in [0.717, 1.165) is 119 Å². The van der Waals surface area contributed by atoms with E-state index >= 15 is 0 Å². The Morgan fingerprint density at radius 2 is 0.755 bits per heavy atom. The molecule has 6 aliphatic rings. The summed E-state index contributed by atoms with van der Waals surface area (Å²) in [5.74, 6) is -1.85. The first-order chi connectivity index (χ1) is 52.4. The molecule has 9 heterocycles. The number of hydrogen-bond acceptors (Lipinski definition) is 19. The third-order valence-electron chi connectivity index (χ3n) is 24.3. The number of pyridine rings is 1. The van der Waals surface area contributed by atoms with Crippen LogP contribution < -0.4 is 0 Å². The molecule has 3 aromatic carbocycles. The average molecular weight is 1510 g/mol. The van der Waals surface area contributed by atoms with Crippen molar-refractivity contribution >= 4 is 9.84 Å². The maximum absolute atomic E-state index is 14.5. The Kier molecular flexibility index (Phi) is 18.1. The summed E-state index contributed by atoms with van der Waals surface area (Å²) in [5, 5.41) is 26.6. The second kappa shape index (κ2) is 27.1. The fraction of sp³-hybridized carbons (Fsp3) is 0.369. The van der Waals surface area contributed by atoms with Crippen LogP contribution in [0.2, 0.25) is 0 Å². The van der Waals surface area contributed by atoms with E-state index in [4.69, 9.17) is 23.8 Å². The minimum absolute atomic E-state index is 0.115. The van der Waals surface area contributed by atoms with Crippen LogP contribution in [0.1, 0.15) is 193 Å². The highest BCUT2D eigenvalue weighted by Crippen LogP contribution is 2.72. The lowest BCUT2D eigenvalue weighted by Gasteiger charge is -2.37. The minimum Gasteiger partial charge on any atom is -0.443 e. The number of halogens is 6. The van der Waals surface area contributed by atoms with Crippen molar-refractivity contribution in [1.82, 2.24) is 75.4 Å². The van der Waals surface area contributed by atoms with Crippen molar-refractivity contribution in [2.75, 3.05) is 6.26 Å². The standard InChI is InChI=1S/C28H25F2N5O2S.2C28H27F2N5O/c1-27(2)19-9-10-28(27,26-18(19)11-22(34-35-26)25-20(29)5-4-6-21(25)30)24-14-31-13-23(33-24)16-7-8-17(32-12-16)15-38(3,36)37;2*1-15(2)10-16-14-36-26(32-16)22-12-31-13-23(33-22)28-9-8-18(27(28,3)4)17-11-21(34-35-25(17)28)24-19(29)6-5-7-20(24)30/h4-8,11-14,19H,9-10,15H2,1-3H3;2*5-7,11-15,18H,8-10H2,1-4H3/t19-,28-;2*18-,28-/m000/s1. The lowest BCUT2D eigenvalue weighted by atomic mass is 9.66. The Hall–Kier alpha value is -10.8. The molecule has 9 aromatic heterocycles. The summed E-state index contributed by atoms with van der Waals surface area (Å²) in [4.78, 5) is 42.0. The number of benzene rings is 3. The molecule has 0 spiro atoms. The summed E-state index contributed by atoms with van der Waals surface area (Å²) >= 11 is 0. The number of sulfone groups is 1. The Labute approximate surface area is 632 Å². The van der Waals surface area contributed by atoms with Crippen LogP contribution in [0.5, 0.6) is 0 Å². The van der Waals surface area contributed by atoms with E-state index in [1.165, 1.54) is 60.9 Å². The maximum Gasteiger partial charge on any atom is 0.246 e. The Morgan fingerprint density at radius 3 is 1.07 bits per heavy atom. The topological polar surface area (TPSA) is 254 Å². The Balaban J connectivity index is 0.000000125. The minimum atomic E-state index is -3.19. The monoisotopic (exact) mass is 1510 g/mol. The second-order valence-electron chi connectivity index (χ2n) is 32.5. The van der Waals surface area contributed by atoms with Gasteiger partial charge >= 0.3 is 0 Å². The van der Waals surface area contributed by atoms with Crippen LogP contribution in [0.4, 0.5) is 26.3 Å². The molecule has 0 aliphatic heterocycles. The van der Waals surface area contributed by atoms with E-state index in [1.807, 2.05) is 0 Å². The normalized spacial score (nSPS) is 21.7. The SMILES string of the molecule is CC(C)Cc1coc(-c2cncc([C@@]34CC[C@@H](c5cc(-c6c(F)cccc6F)nnc53)C4(C)C)n2)n1.CC(C)Cc1coc(-c2cncc([C@@]34CC[C@@H](c5cc(-c6c(F)cccc6F)nnc53)C4(C)C)n2)n1.CC1(C)[C@H]2CC[C@]1(c1cncc(-c3ccc(CS(C)(=O)=O)nc3)n1)c1nnc(-c3c(F)cccc3F)cc12. The van der Waals surface area contributed by atoms with Gasteiger partial charge < -0.3 is 8.83 Å². The zero-order valence-electron chi connectivity index (χ0n) is 62.5. The van der Waals surface area contributed by atoms with Crippen molar-refractivity contribution in [3.05, 3.63) is 244 Å². The van der Waals surface area contributed by atoms with E-state index < -0.39 is 61.0 Å². The van der Waals surface area contributed by atoms with Crippen LogP contribution in [-0.2, 0) is 44.7 Å². The van der Waals surface area contributed by atoms with Crippen LogP contribution in [0.3, 0.4) is 0 Å². The summed E-state index contributed by atoms with van der Waals surface area (Å²) in [7, 11) is -3.19. The smallest absolute Gasteiger partial charge is 0.246 e. The molecule has 0 radical (unpaired) electrons. The third-order valence-corrected chi connectivity index (χ3v) is 25.1. The van der Waals surface area contributed by atoms with Gasteiger partial charge in [-0.25, -0.2) is 59.7 Å². The Bertz CT molecular complexity index is 5480. The highest BCUT2D eigenvalue weighted by molar-refractivity contribution is 7.89. The molecule has 0 unspecified atom stereocenters. The first kappa shape index (κ1) is 73.4. The van der Waals surface area contributed by atoms with Crippen LogP contribution >= 0.6 is 0 Å². The van der Waals surface area contributed by atoms with E-state index in [9.17, 15) is 34.8 Å². The molecular weight excluding hydrogens is 1430 g/mol. The van der Waals surface area contributed by atoms with Gasteiger partial charge in [0.15, 0.2) is 9.84 Å². The zero-order chi connectivity index (χ0) is 77.4. The summed E-state index contributed by atoms with van der Waals surface area (Å²) in [6, 6.07) is 20.3. The number of fused-ring (bicyclic) bond motifs is 15. The van der Waals surface area contributed by atoms with Gasteiger partial charge in [-0.15, -0.1) is 15.3 Å². The molecule has 0 N–H and O–H groups in total. The molecule has 26 heteroatoms. The lowest BCUT2D eigenvalue weighted by molar-refractivity contribution is 0.242. The van der Waals surface area contributed by atoms with Gasteiger partial charge in [0.2, 0.25) is 11.8 Å². The number of rotatable bonds is 15. The maximum atomic E-state index is 14.5. The predicted octanol–water partition coefficient (Wildman–Crippen LogP) is 17.6. The van der Waals surface area contributed by atoms with Gasteiger partial charge in [-0.2, -0.15) is 15.3 Å². The summed E-state index contributed by atoms with van der Waals surface area (Å²) < 4.78 is 122. The predicted molar refractivity (Wildman–Crippen MR) is 398 cm³/mol. The van der Waals surface area contributed by atoms with Crippen molar-refractivity contribution in [2.24, 2.45) is 28.1 Å². The molecule has 18 rings (SSSR count). The summed E-state index contributed by atoms with van der Waals surface area (Å²) in [5.41, 5.74) is 10.0. The first-order valence-corrected chi connectivity index (χ1v) is 39.0. The molecule has 3 saturated carbocycles. The van der Waals surface area contributed by atoms with Crippen LogP contribution in [0, 0.1) is 63.0 Å². The van der Waals surface area contributed by atoms with Gasteiger partial charge in [0, 0.05) is 36.6 Å². The molecule has 6 atom stereocenters. The molecule has 110 heavy (non-hydrogen) atoms. The van der Waals surface area contributed by atoms with Crippen LogP contribution in [0.15, 0.2) is 150 Å². The van der Waals surface area contributed by atoms with E-state index in [0.29, 0.717) is 46.4 Å². The highest BCUT2D eigenvalue weighted by Gasteiger charge is 2.68. The van der Waals surface area contributed by atoms with Crippen molar-refractivity contribution in [3.8, 4) is 68.2 Å². The van der Waals surface area contributed by atoms with Crippen molar-refractivity contribution < 1.29 is 43.6 Å². The molecule has 19 nitrogen and oxygen atoms in total. The van der Waals surface area contributed by atoms with Gasteiger partial charge in [-0.05, 0) is 181 Å². The van der Waals surface area contributed by atoms with Gasteiger partial charge in [0.05, 0.1) is 131 Å². The summed E-state index contributed by atoms with van der Waals surface area (Å²) in [6.07, 6.45) is 23.2. The molecule has 562 valence electrons. The fourth-order valence-electron chi connectivity index (χ4n) is 19.1. The molecule has 6 bridgehead atoms. The van der Waals surface area contributed by atoms with Gasteiger partial charge in [-0.1, -0.05) is 87.4 Å². The molecular formula is C84H79F6N15O4S. The Morgan fingerprint density at radius 1 is 0.418 bits per heavy atom. The van der Waals surface area contributed by atoms with Crippen LogP contribution in [0.25, 0.3) is 68.2 Å². The number of hydrogen-bond donors (Lipinski definition) is 0. The molecule has 0 saturated heterocycles. The second-order valence-corrected chi connectivity index (χ2v) is 34.6. The number of aromatic nitrogens is 15. The van der Waals surface area contributed by atoms with Crippen LogP contribution in [-0.4, -0.2) is 90.1 Å². The summed E-state index contributed by atoms with van der Waals surface area (Å²) in [6.45, 7) is 21.7. The molecule has 12 aromatic rings. The third kappa shape index (κ3) is 11.8. The zero-order valence-corrected chi connectivity index (χ0v) is 63.4. The fourth-order valence-corrected chi connectivity index (χ4v) is 19.8. The van der Waals surface area contributed by atoms with Gasteiger partial charge in [0.1, 0.15) is 58.8 Å². The van der Waals surface area contributed by atoms with Gasteiger partial charge in [0.25, 0.3) is 0 Å².